The lowest BCUT2D eigenvalue weighted by Crippen LogP contribution is -2.32. The average molecular weight is 438 g/mol. The van der Waals surface area contributed by atoms with E-state index in [9.17, 15) is 4.79 Å². The second kappa shape index (κ2) is 8.81. The zero-order valence-corrected chi connectivity index (χ0v) is 18.2. The first kappa shape index (κ1) is 20.3. The highest BCUT2D eigenvalue weighted by Gasteiger charge is 2.23. The van der Waals surface area contributed by atoms with Gasteiger partial charge >= 0.3 is 0 Å². The predicted octanol–water partition coefficient (Wildman–Crippen LogP) is 5.44. The van der Waals surface area contributed by atoms with Crippen molar-refractivity contribution in [2.45, 2.75) is 19.9 Å². The maximum Gasteiger partial charge on any atom is 0.233 e. The van der Waals surface area contributed by atoms with Crippen LogP contribution in [0.15, 0.2) is 60.8 Å². The number of anilines is 1. The summed E-state index contributed by atoms with van der Waals surface area (Å²) >= 11 is 7.77. The minimum atomic E-state index is -0.0931. The van der Waals surface area contributed by atoms with Gasteiger partial charge in [-0.25, -0.2) is 4.98 Å². The van der Waals surface area contributed by atoms with Gasteiger partial charge in [0.2, 0.25) is 5.91 Å². The van der Waals surface area contributed by atoms with Crippen LogP contribution in [0, 0.1) is 6.92 Å². The summed E-state index contributed by atoms with van der Waals surface area (Å²) in [6.07, 6.45) is 1.90. The van der Waals surface area contributed by atoms with E-state index in [1.807, 2.05) is 55.5 Å². The Hall–Kier alpha value is -2.96. The molecule has 0 aliphatic carbocycles. The lowest BCUT2D eigenvalue weighted by molar-refractivity contribution is -0.118. The topological polar surface area (TPSA) is 55.3 Å². The number of benzene rings is 2. The standard InChI is InChI=1S/C23H20ClN3O2S/c1-15-10-11-19(29-2)21-22(15)30-23(26-21)27(14-17-8-5-6-12-25-17)20(28)13-16-7-3-4-9-18(16)24/h3-12H,13-14H2,1-2H3. The molecule has 2 aromatic carbocycles. The highest BCUT2D eigenvalue weighted by molar-refractivity contribution is 7.22. The van der Waals surface area contributed by atoms with Crippen LogP contribution in [0.5, 0.6) is 5.75 Å². The van der Waals surface area contributed by atoms with E-state index in [4.69, 9.17) is 21.3 Å². The summed E-state index contributed by atoms with van der Waals surface area (Å²) in [7, 11) is 1.62. The molecule has 1 amide bonds. The fourth-order valence-electron chi connectivity index (χ4n) is 3.19. The van der Waals surface area contributed by atoms with Crippen molar-refractivity contribution in [1.82, 2.24) is 9.97 Å². The van der Waals surface area contributed by atoms with Crippen LogP contribution in [0.25, 0.3) is 10.2 Å². The van der Waals surface area contributed by atoms with Gasteiger partial charge in [0.25, 0.3) is 0 Å². The van der Waals surface area contributed by atoms with Crippen molar-refractivity contribution in [2.75, 3.05) is 12.0 Å². The van der Waals surface area contributed by atoms with Crippen molar-refractivity contribution in [3.05, 3.63) is 82.6 Å². The van der Waals surface area contributed by atoms with Gasteiger partial charge in [-0.2, -0.15) is 0 Å². The van der Waals surface area contributed by atoms with Crippen molar-refractivity contribution in [3.8, 4) is 5.75 Å². The van der Waals surface area contributed by atoms with Gasteiger partial charge in [-0.3, -0.25) is 14.7 Å². The fourth-order valence-corrected chi connectivity index (χ4v) is 4.47. The molecule has 0 saturated heterocycles. The van der Waals surface area contributed by atoms with Crippen LogP contribution < -0.4 is 9.64 Å². The highest BCUT2D eigenvalue weighted by Crippen LogP contribution is 2.37. The largest absolute Gasteiger partial charge is 0.494 e. The normalized spacial score (nSPS) is 10.9. The number of carbonyl (C=O) groups is 1. The van der Waals surface area contributed by atoms with E-state index in [1.165, 1.54) is 11.3 Å². The molecule has 0 aliphatic rings. The molecule has 152 valence electrons. The van der Waals surface area contributed by atoms with Gasteiger partial charge in [0.05, 0.1) is 30.5 Å². The smallest absolute Gasteiger partial charge is 0.233 e. The van der Waals surface area contributed by atoms with Crippen molar-refractivity contribution in [3.63, 3.8) is 0 Å². The number of hydrogen-bond donors (Lipinski definition) is 0. The maximum absolute atomic E-state index is 13.4. The minimum Gasteiger partial charge on any atom is -0.494 e. The Labute approximate surface area is 183 Å². The number of hydrogen-bond acceptors (Lipinski definition) is 5. The SMILES string of the molecule is COc1ccc(C)c2sc(N(Cc3ccccn3)C(=O)Cc3ccccc3Cl)nc12. The summed E-state index contributed by atoms with van der Waals surface area (Å²) in [5, 5.41) is 1.19. The molecule has 2 heterocycles. The van der Waals surface area contributed by atoms with Crippen molar-refractivity contribution in [2.24, 2.45) is 0 Å². The molecule has 4 aromatic rings. The van der Waals surface area contributed by atoms with Crippen LogP contribution in [0.2, 0.25) is 5.02 Å². The van der Waals surface area contributed by atoms with Gasteiger partial charge in [0.1, 0.15) is 11.3 Å². The second-order valence-electron chi connectivity index (χ2n) is 6.83. The molecular formula is C23H20ClN3O2S. The molecule has 0 saturated carbocycles. The van der Waals surface area contributed by atoms with E-state index in [-0.39, 0.29) is 12.3 Å². The first-order valence-corrected chi connectivity index (χ1v) is 10.6. The predicted molar refractivity (Wildman–Crippen MR) is 121 cm³/mol. The Kier molecular flexibility index (Phi) is 5.97. The van der Waals surface area contributed by atoms with Gasteiger partial charge in [0, 0.05) is 11.2 Å². The van der Waals surface area contributed by atoms with Crippen molar-refractivity contribution >= 4 is 44.2 Å². The molecule has 30 heavy (non-hydrogen) atoms. The number of amides is 1. The Morgan fingerprint density at radius 2 is 1.93 bits per heavy atom. The third-order valence-electron chi connectivity index (χ3n) is 4.79. The van der Waals surface area contributed by atoms with E-state index in [1.54, 1.807) is 24.3 Å². The van der Waals surface area contributed by atoms with Crippen LogP contribution in [0.4, 0.5) is 5.13 Å². The molecule has 0 spiro atoms. The molecule has 4 rings (SSSR count). The summed E-state index contributed by atoms with van der Waals surface area (Å²) in [6.45, 7) is 2.35. The molecule has 0 fully saturated rings. The zero-order valence-electron chi connectivity index (χ0n) is 16.6. The number of carbonyl (C=O) groups excluding carboxylic acids is 1. The molecule has 0 atom stereocenters. The maximum atomic E-state index is 13.4. The number of ether oxygens (including phenoxy) is 1. The van der Waals surface area contributed by atoms with E-state index in [0.29, 0.717) is 22.4 Å². The zero-order chi connectivity index (χ0) is 21.1. The van der Waals surface area contributed by atoms with E-state index >= 15 is 0 Å². The molecule has 0 unspecified atom stereocenters. The Morgan fingerprint density at radius 3 is 2.67 bits per heavy atom. The Bertz CT molecular complexity index is 1190. The summed E-state index contributed by atoms with van der Waals surface area (Å²) < 4.78 is 6.48. The van der Waals surface area contributed by atoms with E-state index in [0.717, 1.165) is 27.0 Å². The quantitative estimate of drug-likeness (QED) is 0.403. The summed E-state index contributed by atoms with van der Waals surface area (Å²) in [4.78, 5) is 24.2. The minimum absolute atomic E-state index is 0.0931. The van der Waals surface area contributed by atoms with E-state index in [2.05, 4.69) is 4.98 Å². The molecule has 0 aliphatic heterocycles. The number of rotatable bonds is 6. The summed E-state index contributed by atoms with van der Waals surface area (Å²) in [6, 6.07) is 16.9. The number of fused-ring (bicyclic) bond motifs is 1. The number of halogens is 1. The molecule has 7 heteroatoms. The average Bonchev–Trinajstić information content (AvgIpc) is 3.21. The number of methoxy groups -OCH3 is 1. The first-order valence-electron chi connectivity index (χ1n) is 9.44. The van der Waals surface area contributed by atoms with Crippen LogP contribution in [0.3, 0.4) is 0 Å². The Balaban J connectivity index is 1.75. The number of nitrogens with zero attached hydrogens (tertiary/aromatic N) is 3. The lowest BCUT2D eigenvalue weighted by Gasteiger charge is -2.20. The third-order valence-corrected chi connectivity index (χ3v) is 6.37. The number of pyridine rings is 1. The molecular weight excluding hydrogens is 418 g/mol. The van der Waals surface area contributed by atoms with Gasteiger partial charge in [-0.15, -0.1) is 0 Å². The van der Waals surface area contributed by atoms with Crippen LogP contribution in [-0.2, 0) is 17.8 Å². The van der Waals surface area contributed by atoms with E-state index < -0.39 is 0 Å². The molecule has 2 aromatic heterocycles. The number of aromatic nitrogens is 2. The molecule has 0 radical (unpaired) electrons. The third kappa shape index (κ3) is 4.15. The van der Waals surface area contributed by atoms with Gasteiger partial charge in [-0.05, 0) is 42.3 Å². The first-order chi connectivity index (χ1) is 14.6. The van der Waals surface area contributed by atoms with Crippen molar-refractivity contribution < 1.29 is 9.53 Å². The monoisotopic (exact) mass is 437 g/mol. The molecule has 0 bridgehead atoms. The lowest BCUT2D eigenvalue weighted by atomic mass is 10.1. The fraction of sp³-hybridized carbons (Fsp3) is 0.174. The number of thiazole rings is 1. The van der Waals surface area contributed by atoms with Crippen LogP contribution in [0.1, 0.15) is 16.8 Å². The second-order valence-corrected chi connectivity index (χ2v) is 8.21. The molecule has 0 N–H and O–H groups in total. The number of aryl methyl sites for hydroxylation is 1. The highest BCUT2D eigenvalue weighted by atomic mass is 35.5. The summed E-state index contributed by atoms with van der Waals surface area (Å²) in [5.74, 6) is 0.596. The molecule has 5 nitrogen and oxygen atoms in total. The van der Waals surface area contributed by atoms with Gasteiger partial charge in [-0.1, -0.05) is 53.3 Å². The van der Waals surface area contributed by atoms with Crippen molar-refractivity contribution in [1.29, 1.82) is 0 Å². The summed E-state index contributed by atoms with van der Waals surface area (Å²) in [5.41, 5.74) is 3.41. The van der Waals surface area contributed by atoms with Crippen LogP contribution >= 0.6 is 22.9 Å². The van der Waals surface area contributed by atoms with Crippen LogP contribution in [-0.4, -0.2) is 23.0 Å². The van der Waals surface area contributed by atoms with Gasteiger partial charge in [0.15, 0.2) is 5.13 Å². The Morgan fingerprint density at radius 1 is 1.13 bits per heavy atom. The van der Waals surface area contributed by atoms with Gasteiger partial charge < -0.3 is 4.74 Å².